The lowest BCUT2D eigenvalue weighted by molar-refractivity contribution is 0.547. The summed E-state index contributed by atoms with van der Waals surface area (Å²) in [5.74, 6) is 1.05. The fourth-order valence-electron chi connectivity index (χ4n) is 9.25. The first-order valence-corrected chi connectivity index (χ1v) is 19.8. The number of hydrogen-bond donors (Lipinski definition) is 0. The van der Waals surface area contributed by atoms with Gasteiger partial charge in [-0.15, -0.1) is 0 Å². The van der Waals surface area contributed by atoms with Crippen LogP contribution >= 0.6 is 0 Å². The number of hydrogen-bond acceptors (Lipinski definition) is 4. The van der Waals surface area contributed by atoms with Crippen molar-refractivity contribution in [2.45, 2.75) is 12.8 Å². The smallest absolute Gasteiger partial charge is 0.139 e. The molecule has 13 rings (SSSR count). The summed E-state index contributed by atoms with van der Waals surface area (Å²) in [5, 5.41) is 7.66. The van der Waals surface area contributed by atoms with Crippen LogP contribution in [0.2, 0.25) is 0 Å². The summed E-state index contributed by atoms with van der Waals surface area (Å²) >= 11 is 0. The van der Waals surface area contributed by atoms with E-state index in [-0.39, 0.29) is 0 Å². The third-order valence-corrected chi connectivity index (χ3v) is 12.2. The fourth-order valence-corrected chi connectivity index (χ4v) is 9.25. The summed E-state index contributed by atoms with van der Waals surface area (Å²) in [4.78, 5) is 0. The Morgan fingerprint density at radius 1 is 0.276 bits per heavy atom. The van der Waals surface area contributed by atoms with Crippen molar-refractivity contribution in [3.63, 3.8) is 0 Å². The summed E-state index contributed by atoms with van der Waals surface area (Å²) in [5.41, 5.74) is 16.6. The van der Waals surface area contributed by atoms with E-state index in [0.29, 0.717) is 0 Å². The molecule has 4 heterocycles. The fraction of sp³-hybridized carbons (Fsp3) is 0.0370. The zero-order chi connectivity index (χ0) is 37.9. The summed E-state index contributed by atoms with van der Waals surface area (Å²) in [6.45, 7) is 0. The van der Waals surface area contributed by atoms with Gasteiger partial charge in [0, 0.05) is 61.8 Å². The van der Waals surface area contributed by atoms with Gasteiger partial charge in [-0.25, -0.2) is 0 Å². The normalized spacial score (nSPS) is 13.1. The highest BCUT2D eigenvalue weighted by Gasteiger charge is 2.21. The second-order valence-electron chi connectivity index (χ2n) is 15.5. The first-order valence-electron chi connectivity index (χ1n) is 19.8. The molecule has 4 heteroatoms. The second kappa shape index (κ2) is 12.0. The SMILES string of the molecule is C1=C(c2ccccc2)CCc2oc3cc4oc5ccc(-c6cccc(-c7ccc8oc9cc%10oc%11ccc(-c%12ccccc%12)cc%11c%10cc9c8c7)c6)cc5c4cc3c21. The van der Waals surface area contributed by atoms with Crippen molar-refractivity contribution in [2.75, 3.05) is 0 Å². The maximum absolute atomic E-state index is 6.42. The Labute approximate surface area is 331 Å². The first-order chi connectivity index (χ1) is 28.7. The molecule has 0 spiro atoms. The molecular formula is C54H32O4. The van der Waals surface area contributed by atoms with Crippen LogP contribution in [0.3, 0.4) is 0 Å². The van der Waals surface area contributed by atoms with Gasteiger partial charge in [-0.05, 0) is 112 Å². The van der Waals surface area contributed by atoms with Gasteiger partial charge in [0.15, 0.2) is 0 Å². The van der Waals surface area contributed by atoms with Crippen LogP contribution in [0.15, 0.2) is 181 Å². The van der Waals surface area contributed by atoms with Crippen molar-refractivity contribution in [3.05, 3.63) is 181 Å². The molecule has 0 saturated heterocycles. The van der Waals surface area contributed by atoms with Gasteiger partial charge in [0.05, 0.1) is 0 Å². The van der Waals surface area contributed by atoms with E-state index in [1.807, 2.05) is 12.1 Å². The zero-order valence-electron chi connectivity index (χ0n) is 31.2. The number of furan rings is 4. The highest BCUT2D eigenvalue weighted by molar-refractivity contribution is 6.16. The second-order valence-corrected chi connectivity index (χ2v) is 15.5. The van der Waals surface area contributed by atoms with E-state index in [2.05, 4.69) is 158 Å². The minimum Gasteiger partial charge on any atom is -0.460 e. The quantitative estimate of drug-likeness (QED) is 0.180. The number of benzene rings is 8. The van der Waals surface area contributed by atoms with Crippen LogP contribution in [0.25, 0.3) is 122 Å². The van der Waals surface area contributed by atoms with E-state index in [1.54, 1.807) is 0 Å². The van der Waals surface area contributed by atoms with Crippen molar-refractivity contribution < 1.29 is 17.7 Å². The number of allylic oxidation sites excluding steroid dienone is 1. The Kier molecular flexibility index (Phi) is 6.53. The van der Waals surface area contributed by atoms with Crippen molar-refractivity contribution in [1.82, 2.24) is 0 Å². The van der Waals surface area contributed by atoms with Gasteiger partial charge in [0.2, 0.25) is 0 Å². The van der Waals surface area contributed by atoms with Crippen molar-refractivity contribution in [1.29, 1.82) is 0 Å². The van der Waals surface area contributed by atoms with Crippen LogP contribution in [0, 0.1) is 0 Å². The maximum atomic E-state index is 6.42. The molecule has 8 aromatic carbocycles. The lowest BCUT2D eigenvalue weighted by Gasteiger charge is -2.12. The van der Waals surface area contributed by atoms with E-state index < -0.39 is 0 Å². The Balaban J connectivity index is 0.890. The average molecular weight is 745 g/mol. The van der Waals surface area contributed by atoms with Crippen LogP contribution < -0.4 is 0 Å². The number of aryl methyl sites for hydroxylation is 1. The van der Waals surface area contributed by atoms with Crippen LogP contribution in [0.4, 0.5) is 0 Å². The summed E-state index contributed by atoms with van der Waals surface area (Å²) in [7, 11) is 0. The number of fused-ring (bicyclic) bond motifs is 12. The molecule has 12 aromatic rings. The molecule has 0 bridgehead atoms. The first kappa shape index (κ1) is 31.6. The molecule has 1 aliphatic carbocycles. The predicted octanol–water partition coefficient (Wildman–Crippen LogP) is 15.6. The molecule has 1 aliphatic rings. The number of rotatable bonds is 4. The van der Waals surface area contributed by atoms with Crippen LogP contribution in [0.1, 0.15) is 23.3 Å². The lowest BCUT2D eigenvalue weighted by atomic mass is 9.91. The zero-order valence-corrected chi connectivity index (χ0v) is 31.2. The molecule has 0 saturated carbocycles. The van der Waals surface area contributed by atoms with Crippen molar-refractivity contribution >= 4 is 88.4 Å². The molecule has 0 unspecified atom stereocenters. The van der Waals surface area contributed by atoms with Gasteiger partial charge >= 0.3 is 0 Å². The molecule has 0 radical (unpaired) electrons. The topological polar surface area (TPSA) is 52.6 Å². The van der Waals surface area contributed by atoms with Crippen molar-refractivity contribution in [2.24, 2.45) is 0 Å². The summed E-state index contributed by atoms with van der Waals surface area (Å²) in [6, 6.07) is 57.9. The monoisotopic (exact) mass is 744 g/mol. The largest absolute Gasteiger partial charge is 0.460 e. The van der Waals surface area contributed by atoms with E-state index in [9.17, 15) is 0 Å². The molecular weight excluding hydrogens is 713 g/mol. The minimum atomic E-state index is 0.817. The molecule has 4 nitrogen and oxygen atoms in total. The Bertz CT molecular complexity index is 3660. The predicted molar refractivity (Wildman–Crippen MR) is 237 cm³/mol. The van der Waals surface area contributed by atoms with Gasteiger partial charge in [0.25, 0.3) is 0 Å². The highest BCUT2D eigenvalue weighted by atomic mass is 16.4. The molecule has 0 N–H and O–H groups in total. The van der Waals surface area contributed by atoms with Gasteiger partial charge < -0.3 is 17.7 Å². The summed E-state index contributed by atoms with van der Waals surface area (Å²) in [6.07, 6.45) is 4.17. The third-order valence-electron chi connectivity index (χ3n) is 12.2. The standard InChI is InChI=1S/C54H32O4/c1-3-8-31(9-4-1)35-14-18-47-39(23-35)43-27-45-41-25-37(16-20-49(41)57-53(45)29-51(43)55-47)33-12-7-13-34(22-33)38-17-21-50-42(26-38)46-28-44-40-24-36(32-10-5-2-6-11-32)15-19-48(40)56-52(44)30-54(46)58-50/h1-14,16-18,20-30H,15,19H2. The highest BCUT2D eigenvalue weighted by Crippen LogP contribution is 2.43. The third kappa shape index (κ3) is 4.82. The molecule has 0 atom stereocenters. The molecule has 4 aromatic heterocycles. The van der Waals surface area contributed by atoms with Crippen LogP contribution in [-0.2, 0) is 6.42 Å². The van der Waals surface area contributed by atoms with E-state index >= 15 is 0 Å². The lowest BCUT2D eigenvalue weighted by Crippen LogP contribution is -1.96. The Morgan fingerprint density at radius 3 is 1.26 bits per heavy atom. The van der Waals surface area contributed by atoms with E-state index in [4.69, 9.17) is 17.7 Å². The molecule has 0 amide bonds. The van der Waals surface area contributed by atoms with Crippen molar-refractivity contribution in [3.8, 4) is 33.4 Å². The van der Waals surface area contributed by atoms with Gasteiger partial charge in [-0.1, -0.05) is 97.1 Å². The van der Waals surface area contributed by atoms with Gasteiger partial charge in [0.1, 0.15) is 44.8 Å². The summed E-state index contributed by atoms with van der Waals surface area (Å²) < 4.78 is 25.6. The Hall–Kier alpha value is -7.56. The molecule has 58 heavy (non-hydrogen) atoms. The minimum absolute atomic E-state index is 0.817. The molecule has 0 aliphatic heterocycles. The molecule has 272 valence electrons. The maximum Gasteiger partial charge on any atom is 0.139 e. The van der Waals surface area contributed by atoms with Gasteiger partial charge in [-0.2, -0.15) is 0 Å². The van der Waals surface area contributed by atoms with Crippen LogP contribution in [0.5, 0.6) is 0 Å². The van der Waals surface area contributed by atoms with Crippen LogP contribution in [-0.4, -0.2) is 0 Å². The van der Waals surface area contributed by atoms with Gasteiger partial charge in [-0.3, -0.25) is 0 Å². The Morgan fingerprint density at radius 2 is 0.707 bits per heavy atom. The molecule has 0 fully saturated rings. The average Bonchev–Trinajstić information content (AvgIpc) is 4.03. The van der Waals surface area contributed by atoms with E-state index in [0.717, 1.165) is 118 Å². The van der Waals surface area contributed by atoms with E-state index in [1.165, 1.54) is 27.8 Å².